The SMILES string of the molecule is N#Cc1cc(F)c2c(c1)OC[C@H]2N. The fourth-order valence-electron chi connectivity index (χ4n) is 1.40. The highest BCUT2D eigenvalue weighted by atomic mass is 19.1. The first kappa shape index (κ1) is 8.02. The summed E-state index contributed by atoms with van der Waals surface area (Å²) >= 11 is 0. The van der Waals surface area contributed by atoms with Crippen LogP contribution < -0.4 is 10.5 Å². The molecule has 1 aromatic carbocycles. The average Bonchev–Trinajstić information content (AvgIpc) is 2.48. The van der Waals surface area contributed by atoms with Crippen LogP contribution in [0.1, 0.15) is 17.2 Å². The largest absolute Gasteiger partial charge is 0.491 e. The molecule has 0 saturated carbocycles. The first-order valence-corrected chi connectivity index (χ1v) is 3.84. The van der Waals surface area contributed by atoms with Gasteiger partial charge in [-0.05, 0) is 12.1 Å². The third-order valence-electron chi connectivity index (χ3n) is 2.01. The number of rotatable bonds is 0. The molecule has 0 radical (unpaired) electrons. The second-order valence-corrected chi connectivity index (χ2v) is 2.90. The van der Waals surface area contributed by atoms with Crippen LogP contribution in [0.25, 0.3) is 0 Å². The molecule has 1 aromatic rings. The predicted molar refractivity (Wildman–Crippen MR) is 43.5 cm³/mol. The zero-order valence-electron chi connectivity index (χ0n) is 6.75. The molecule has 0 aliphatic carbocycles. The normalized spacial score (nSPS) is 19.0. The number of hydrogen-bond acceptors (Lipinski definition) is 3. The number of nitrogens with two attached hydrogens (primary N) is 1. The molecular formula is C9H7FN2O. The molecule has 0 saturated heterocycles. The lowest BCUT2D eigenvalue weighted by Gasteiger charge is -2.02. The first-order valence-electron chi connectivity index (χ1n) is 3.84. The van der Waals surface area contributed by atoms with Gasteiger partial charge in [0.25, 0.3) is 0 Å². The Balaban J connectivity index is 2.61. The van der Waals surface area contributed by atoms with Gasteiger partial charge in [-0.15, -0.1) is 0 Å². The van der Waals surface area contributed by atoms with E-state index in [9.17, 15) is 4.39 Å². The van der Waals surface area contributed by atoms with Crippen molar-refractivity contribution in [3.8, 4) is 11.8 Å². The van der Waals surface area contributed by atoms with Crippen LogP contribution in [0.4, 0.5) is 4.39 Å². The van der Waals surface area contributed by atoms with Gasteiger partial charge in [0.15, 0.2) is 0 Å². The standard InChI is InChI=1S/C9H7FN2O/c10-6-1-5(3-11)2-8-9(6)7(12)4-13-8/h1-2,7H,4,12H2/t7-/m1/s1. The molecule has 0 bridgehead atoms. The number of ether oxygens (including phenoxy) is 1. The van der Waals surface area contributed by atoms with E-state index in [1.54, 1.807) is 0 Å². The number of nitriles is 1. The van der Waals surface area contributed by atoms with Gasteiger partial charge in [-0.25, -0.2) is 4.39 Å². The fraction of sp³-hybridized carbons (Fsp3) is 0.222. The molecule has 0 aromatic heterocycles. The quantitative estimate of drug-likeness (QED) is 0.646. The molecule has 0 spiro atoms. The van der Waals surface area contributed by atoms with Gasteiger partial charge in [0, 0.05) is 0 Å². The van der Waals surface area contributed by atoms with E-state index in [1.165, 1.54) is 12.1 Å². The van der Waals surface area contributed by atoms with E-state index in [4.69, 9.17) is 15.7 Å². The summed E-state index contributed by atoms with van der Waals surface area (Å²) in [5.41, 5.74) is 6.22. The van der Waals surface area contributed by atoms with Crippen LogP contribution in [0.3, 0.4) is 0 Å². The van der Waals surface area contributed by atoms with Crippen LogP contribution >= 0.6 is 0 Å². The zero-order valence-corrected chi connectivity index (χ0v) is 6.75. The summed E-state index contributed by atoms with van der Waals surface area (Å²) in [6, 6.07) is 4.12. The molecule has 2 N–H and O–H groups in total. The summed E-state index contributed by atoms with van der Waals surface area (Å²) in [6.45, 7) is 0.279. The molecule has 13 heavy (non-hydrogen) atoms. The molecule has 1 aliphatic heterocycles. The summed E-state index contributed by atoms with van der Waals surface area (Å²) in [5.74, 6) is -0.0666. The van der Waals surface area contributed by atoms with Crippen molar-refractivity contribution in [2.45, 2.75) is 6.04 Å². The fourth-order valence-corrected chi connectivity index (χ4v) is 1.40. The van der Waals surface area contributed by atoms with Crippen molar-refractivity contribution in [1.82, 2.24) is 0 Å². The summed E-state index contributed by atoms with van der Waals surface area (Å²) in [6.07, 6.45) is 0. The van der Waals surface area contributed by atoms with E-state index >= 15 is 0 Å². The Morgan fingerprint density at radius 2 is 2.38 bits per heavy atom. The van der Waals surface area contributed by atoms with Crippen molar-refractivity contribution in [2.24, 2.45) is 5.73 Å². The Morgan fingerprint density at radius 3 is 3.08 bits per heavy atom. The molecule has 1 heterocycles. The van der Waals surface area contributed by atoms with Crippen molar-refractivity contribution >= 4 is 0 Å². The topological polar surface area (TPSA) is 59.0 Å². The van der Waals surface area contributed by atoms with E-state index in [1.807, 2.05) is 6.07 Å². The predicted octanol–water partition coefficient (Wildman–Crippen LogP) is 1.09. The van der Waals surface area contributed by atoms with E-state index < -0.39 is 11.9 Å². The van der Waals surface area contributed by atoms with Gasteiger partial charge in [0.1, 0.15) is 18.2 Å². The lowest BCUT2D eigenvalue weighted by atomic mass is 10.1. The third-order valence-corrected chi connectivity index (χ3v) is 2.01. The summed E-state index contributed by atoms with van der Waals surface area (Å²) in [5, 5.41) is 8.56. The number of benzene rings is 1. The Hall–Kier alpha value is -1.60. The lowest BCUT2D eigenvalue weighted by Crippen LogP contribution is -2.12. The average molecular weight is 178 g/mol. The molecule has 66 valence electrons. The smallest absolute Gasteiger partial charge is 0.133 e. The van der Waals surface area contributed by atoms with Crippen LogP contribution in [0.15, 0.2) is 12.1 Å². The zero-order chi connectivity index (χ0) is 9.42. The van der Waals surface area contributed by atoms with Crippen LogP contribution in [0.2, 0.25) is 0 Å². The first-order chi connectivity index (χ1) is 6.22. The molecule has 2 rings (SSSR count). The minimum atomic E-state index is -0.459. The number of fused-ring (bicyclic) bond motifs is 1. The molecule has 1 aliphatic rings. The number of hydrogen-bond donors (Lipinski definition) is 1. The van der Waals surface area contributed by atoms with Crippen molar-refractivity contribution in [3.05, 3.63) is 29.1 Å². The summed E-state index contributed by atoms with van der Waals surface area (Å²) in [4.78, 5) is 0. The molecule has 3 nitrogen and oxygen atoms in total. The Morgan fingerprint density at radius 1 is 1.62 bits per heavy atom. The van der Waals surface area contributed by atoms with Gasteiger partial charge in [-0.3, -0.25) is 0 Å². The third kappa shape index (κ3) is 1.14. The highest BCUT2D eigenvalue weighted by molar-refractivity contribution is 5.46. The van der Waals surface area contributed by atoms with E-state index in [0.717, 1.165) is 0 Å². The second kappa shape index (κ2) is 2.71. The van der Waals surface area contributed by atoms with Crippen molar-refractivity contribution in [3.63, 3.8) is 0 Å². The van der Waals surface area contributed by atoms with Gasteiger partial charge in [-0.1, -0.05) is 0 Å². The van der Waals surface area contributed by atoms with Crippen LogP contribution in [-0.2, 0) is 0 Å². The molecule has 1 atom stereocenters. The van der Waals surface area contributed by atoms with Gasteiger partial charge in [0.05, 0.1) is 23.2 Å². The van der Waals surface area contributed by atoms with Crippen LogP contribution in [-0.4, -0.2) is 6.61 Å². The maximum Gasteiger partial charge on any atom is 0.133 e. The van der Waals surface area contributed by atoms with E-state index in [-0.39, 0.29) is 12.2 Å². The van der Waals surface area contributed by atoms with E-state index in [0.29, 0.717) is 11.3 Å². The van der Waals surface area contributed by atoms with Crippen molar-refractivity contribution in [2.75, 3.05) is 6.61 Å². The highest BCUT2D eigenvalue weighted by Crippen LogP contribution is 2.33. The van der Waals surface area contributed by atoms with Gasteiger partial charge in [0.2, 0.25) is 0 Å². The minimum Gasteiger partial charge on any atom is -0.491 e. The van der Waals surface area contributed by atoms with Gasteiger partial charge >= 0.3 is 0 Å². The Bertz CT molecular complexity index is 397. The molecular weight excluding hydrogens is 171 g/mol. The van der Waals surface area contributed by atoms with Crippen LogP contribution in [0, 0.1) is 17.1 Å². The second-order valence-electron chi connectivity index (χ2n) is 2.90. The summed E-state index contributed by atoms with van der Waals surface area (Å²) < 4.78 is 18.4. The van der Waals surface area contributed by atoms with Gasteiger partial charge < -0.3 is 10.5 Å². The monoisotopic (exact) mass is 178 g/mol. The van der Waals surface area contributed by atoms with E-state index in [2.05, 4.69) is 0 Å². The molecule has 0 fully saturated rings. The maximum atomic E-state index is 13.3. The van der Waals surface area contributed by atoms with Crippen molar-refractivity contribution in [1.29, 1.82) is 5.26 Å². The Labute approximate surface area is 74.5 Å². The lowest BCUT2D eigenvalue weighted by molar-refractivity contribution is 0.333. The number of nitrogens with zero attached hydrogens (tertiary/aromatic N) is 1. The highest BCUT2D eigenvalue weighted by Gasteiger charge is 2.25. The minimum absolute atomic E-state index is 0.255. The molecule has 0 amide bonds. The van der Waals surface area contributed by atoms with Gasteiger partial charge in [-0.2, -0.15) is 5.26 Å². The molecule has 0 unspecified atom stereocenters. The van der Waals surface area contributed by atoms with Crippen molar-refractivity contribution < 1.29 is 9.13 Å². The summed E-state index contributed by atoms with van der Waals surface area (Å²) in [7, 11) is 0. The Kier molecular flexibility index (Phi) is 1.67. The maximum absolute atomic E-state index is 13.3. The number of halogens is 1. The van der Waals surface area contributed by atoms with Crippen LogP contribution in [0.5, 0.6) is 5.75 Å². The molecule has 4 heteroatoms.